The summed E-state index contributed by atoms with van der Waals surface area (Å²) in [5.74, 6) is 0.735. The quantitative estimate of drug-likeness (QED) is 0.854. The standard InChI is InChI=1S/C20H31N3O2S/c1-14-11-16(13-20(3,4)12-14)21-19(25)23-9-7-22(8-10-23)18(24)17-6-5-15(2)26-17/h5-6,14,16H,7-13H2,1-4H3,(H,21,25). The Labute approximate surface area is 160 Å². The third-order valence-corrected chi connectivity index (χ3v) is 6.51. The number of thiophene rings is 1. The molecule has 0 bridgehead atoms. The SMILES string of the molecule is Cc1ccc(C(=O)N2CCN(C(=O)NC3CC(C)CC(C)(C)C3)CC2)s1. The molecule has 3 amide bonds. The lowest BCUT2D eigenvalue weighted by Gasteiger charge is -2.41. The average Bonchev–Trinajstić information content (AvgIpc) is 2.99. The van der Waals surface area contributed by atoms with E-state index in [1.807, 2.05) is 28.9 Å². The highest BCUT2D eigenvalue weighted by Crippen LogP contribution is 2.38. The van der Waals surface area contributed by atoms with Gasteiger partial charge in [0.2, 0.25) is 0 Å². The van der Waals surface area contributed by atoms with Gasteiger partial charge < -0.3 is 15.1 Å². The van der Waals surface area contributed by atoms with E-state index in [4.69, 9.17) is 0 Å². The maximum Gasteiger partial charge on any atom is 0.317 e. The second kappa shape index (κ2) is 7.59. The van der Waals surface area contributed by atoms with E-state index >= 15 is 0 Å². The molecule has 2 aliphatic rings. The van der Waals surface area contributed by atoms with E-state index in [0.717, 1.165) is 22.6 Å². The Balaban J connectivity index is 1.50. The van der Waals surface area contributed by atoms with Gasteiger partial charge >= 0.3 is 6.03 Å². The van der Waals surface area contributed by atoms with Crippen LogP contribution >= 0.6 is 11.3 Å². The van der Waals surface area contributed by atoms with Crippen molar-refractivity contribution in [2.75, 3.05) is 26.2 Å². The Hall–Kier alpha value is -1.56. The van der Waals surface area contributed by atoms with Crippen LogP contribution in [0.5, 0.6) is 0 Å². The molecule has 5 nitrogen and oxygen atoms in total. The highest BCUT2D eigenvalue weighted by atomic mass is 32.1. The van der Waals surface area contributed by atoms with Gasteiger partial charge in [0.1, 0.15) is 0 Å². The minimum atomic E-state index is 0.0268. The number of nitrogens with one attached hydrogen (secondary N) is 1. The fraction of sp³-hybridized carbons (Fsp3) is 0.700. The number of piperazine rings is 1. The molecule has 1 aliphatic carbocycles. The smallest absolute Gasteiger partial charge is 0.317 e. The van der Waals surface area contributed by atoms with E-state index in [0.29, 0.717) is 37.5 Å². The van der Waals surface area contributed by atoms with Gasteiger partial charge in [0.15, 0.2) is 0 Å². The summed E-state index contributed by atoms with van der Waals surface area (Å²) >= 11 is 1.54. The van der Waals surface area contributed by atoms with Gasteiger partial charge in [-0.05, 0) is 49.7 Å². The van der Waals surface area contributed by atoms with E-state index < -0.39 is 0 Å². The summed E-state index contributed by atoms with van der Waals surface area (Å²) in [4.78, 5) is 30.8. The summed E-state index contributed by atoms with van der Waals surface area (Å²) in [7, 11) is 0. The first-order chi connectivity index (χ1) is 12.2. The van der Waals surface area contributed by atoms with E-state index in [9.17, 15) is 9.59 Å². The number of rotatable bonds is 2. The molecule has 0 radical (unpaired) electrons. The van der Waals surface area contributed by atoms with Crippen LogP contribution < -0.4 is 5.32 Å². The van der Waals surface area contributed by atoms with Gasteiger partial charge in [0.25, 0.3) is 5.91 Å². The maximum atomic E-state index is 12.6. The molecule has 2 heterocycles. The number of nitrogens with zero attached hydrogens (tertiary/aromatic N) is 2. The van der Waals surface area contributed by atoms with Gasteiger partial charge in [-0.15, -0.1) is 11.3 Å². The zero-order valence-electron chi connectivity index (χ0n) is 16.4. The van der Waals surface area contributed by atoms with Crippen LogP contribution in [0.3, 0.4) is 0 Å². The first-order valence-electron chi connectivity index (χ1n) is 9.65. The Morgan fingerprint density at radius 3 is 2.35 bits per heavy atom. The van der Waals surface area contributed by atoms with Gasteiger partial charge in [-0.3, -0.25) is 4.79 Å². The summed E-state index contributed by atoms with van der Waals surface area (Å²) in [6.07, 6.45) is 3.33. The number of urea groups is 1. The summed E-state index contributed by atoms with van der Waals surface area (Å²) in [6, 6.07) is 4.16. The zero-order chi connectivity index (χ0) is 18.9. The predicted molar refractivity (Wildman–Crippen MR) is 106 cm³/mol. The first kappa shape index (κ1) is 19.2. The average molecular weight is 378 g/mol. The van der Waals surface area contributed by atoms with Crippen LogP contribution in [-0.4, -0.2) is 54.0 Å². The van der Waals surface area contributed by atoms with Crippen molar-refractivity contribution in [3.05, 3.63) is 21.9 Å². The third kappa shape index (κ3) is 4.58. The number of aryl methyl sites for hydroxylation is 1. The van der Waals surface area contributed by atoms with Crippen LogP contribution in [0, 0.1) is 18.3 Å². The molecule has 0 spiro atoms. The Morgan fingerprint density at radius 2 is 1.77 bits per heavy atom. The lowest BCUT2D eigenvalue weighted by Crippen LogP contribution is -2.55. The van der Waals surface area contributed by atoms with Crippen LogP contribution in [0.4, 0.5) is 4.79 Å². The number of amides is 3. The lowest BCUT2D eigenvalue weighted by atomic mass is 9.70. The molecular weight excluding hydrogens is 346 g/mol. The molecule has 144 valence electrons. The van der Waals surface area contributed by atoms with Gasteiger partial charge in [-0.1, -0.05) is 20.8 Å². The molecule has 1 aliphatic heterocycles. The van der Waals surface area contributed by atoms with Crippen LogP contribution in [-0.2, 0) is 0 Å². The van der Waals surface area contributed by atoms with Crippen molar-refractivity contribution in [3.63, 3.8) is 0 Å². The lowest BCUT2D eigenvalue weighted by molar-refractivity contribution is 0.0662. The molecule has 0 aromatic carbocycles. The Kier molecular flexibility index (Phi) is 5.61. The molecule has 2 unspecified atom stereocenters. The molecule has 1 N–H and O–H groups in total. The predicted octanol–water partition coefficient (Wildman–Crippen LogP) is 3.74. The fourth-order valence-corrected chi connectivity index (χ4v) is 5.38. The second-order valence-electron chi connectivity index (χ2n) is 8.75. The number of carbonyl (C=O) groups excluding carboxylic acids is 2. The van der Waals surface area contributed by atoms with Crippen molar-refractivity contribution in [1.82, 2.24) is 15.1 Å². The van der Waals surface area contributed by atoms with E-state index in [-0.39, 0.29) is 18.0 Å². The number of carbonyl (C=O) groups is 2. The molecule has 26 heavy (non-hydrogen) atoms. The number of hydrogen-bond acceptors (Lipinski definition) is 3. The minimum absolute atomic E-state index is 0.0268. The van der Waals surface area contributed by atoms with E-state index in [1.165, 1.54) is 17.8 Å². The Morgan fingerprint density at radius 1 is 1.12 bits per heavy atom. The van der Waals surface area contributed by atoms with Crippen LogP contribution in [0.2, 0.25) is 0 Å². The van der Waals surface area contributed by atoms with Crippen LogP contribution in [0.1, 0.15) is 54.6 Å². The topological polar surface area (TPSA) is 52.7 Å². The highest BCUT2D eigenvalue weighted by Gasteiger charge is 2.34. The summed E-state index contributed by atoms with van der Waals surface area (Å²) in [5, 5.41) is 3.24. The maximum absolute atomic E-state index is 12.6. The molecular formula is C20H31N3O2S. The molecule has 3 rings (SSSR count). The van der Waals surface area contributed by atoms with Gasteiger partial charge in [-0.25, -0.2) is 4.79 Å². The summed E-state index contributed by atoms with van der Waals surface area (Å²) < 4.78 is 0. The van der Waals surface area contributed by atoms with Crippen LogP contribution in [0.15, 0.2) is 12.1 Å². The molecule has 1 saturated carbocycles. The van der Waals surface area contributed by atoms with Gasteiger partial charge in [-0.2, -0.15) is 0 Å². The normalized spacial score (nSPS) is 25.8. The highest BCUT2D eigenvalue weighted by molar-refractivity contribution is 7.13. The van der Waals surface area contributed by atoms with Crippen molar-refractivity contribution in [3.8, 4) is 0 Å². The molecule has 2 atom stereocenters. The molecule has 6 heteroatoms. The summed E-state index contributed by atoms with van der Waals surface area (Å²) in [5.41, 5.74) is 0.291. The largest absolute Gasteiger partial charge is 0.335 e. The van der Waals surface area contributed by atoms with E-state index in [1.54, 1.807) is 0 Å². The van der Waals surface area contributed by atoms with Crippen molar-refractivity contribution in [2.45, 2.75) is 53.0 Å². The summed E-state index contributed by atoms with van der Waals surface area (Å²) in [6.45, 7) is 11.3. The molecule has 1 saturated heterocycles. The minimum Gasteiger partial charge on any atom is -0.335 e. The molecule has 1 aromatic heterocycles. The molecule has 2 fully saturated rings. The fourth-order valence-electron chi connectivity index (χ4n) is 4.54. The number of hydrogen-bond donors (Lipinski definition) is 1. The van der Waals surface area contributed by atoms with Crippen molar-refractivity contribution in [2.24, 2.45) is 11.3 Å². The zero-order valence-corrected chi connectivity index (χ0v) is 17.2. The van der Waals surface area contributed by atoms with Gasteiger partial charge in [0, 0.05) is 37.1 Å². The van der Waals surface area contributed by atoms with Crippen molar-refractivity contribution in [1.29, 1.82) is 0 Å². The van der Waals surface area contributed by atoms with Crippen LogP contribution in [0.25, 0.3) is 0 Å². The molecule has 1 aromatic rings. The first-order valence-corrected chi connectivity index (χ1v) is 10.5. The van der Waals surface area contributed by atoms with Gasteiger partial charge in [0.05, 0.1) is 4.88 Å². The van der Waals surface area contributed by atoms with E-state index in [2.05, 4.69) is 26.1 Å². The third-order valence-electron chi connectivity index (χ3n) is 5.52. The Bertz CT molecular complexity index is 662. The van der Waals surface area contributed by atoms with Crippen molar-refractivity contribution < 1.29 is 9.59 Å². The monoisotopic (exact) mass is 377 g/mol. The second-order valence-corrected chi connectivity index (χ2v) is 10.0. The van der Waals surface area contributed by atoms with Crippen molar-refractivity contribution >= 4 is 23.3 Å².